The second-order valence-corrected chi connectivity index (χ2v) is 3.60. The Bertz CT molecular complexity index is 276. The molecular weight excluding hydrogens is 205 g/mol. The molecule has 1 aromatic carbocycles. The molecule has 1 aromatic rings. The highest BCUT2D eigenvalue weighted by Crippen LogP contribution is 2.28. The summed E-state index contributed by atoms with van der Waals surface area (Å²) >= 11 is 7.45. The number of benzene rings is 1. The first-order chi connectivity index (χ1) is 5.52. The van der Waals surface area contributed by atoms with Crippen LogP contribution in [0.25, 0.3) is 0 Å². The molecular formula is C7H5F3S2. The highest BCUT2D eigenvalue weighted by molar-refractivity contribution is 7.98. The fraction of sp³-hybridized carbons (Fsp3) is 0.143. The second-order valence-electron chi connectivity index (χ2n) is 2.16. The maximum Gasteiger partial charge on any atom is 0.134 e. The van der Waals surface area contributed by atoms with Gasteiger partial charge < -0.3 is 0 Å². The van der Waals surface area contributed by atoms with Gasteiger partial charge in [-0.05, 0) is 0 Å². The topological polar surface area (TPSA) is 0 Å². The summed E-state index contributed by atoms with van der Waals surface area (Å²) in [6.45, 7) is 0. The number of rotatable bonds is 1. The number of halogens is 3. The molecule has 0 aliphatic heterocycles. The molecule has 0 atom stereocenters. The third-order valence-corrected chi connectivity index (χ3v) is 1.82. The number of hydrogen-bond donors (Lipinski definition) is 2. The van der Waals surface area contributed by atoms with Crippen molar-refractivity contribution in [1.29, 1.82) is 0 Å². The van der Waals surface area contributed by atoms with Gasteiger partial charge in [-0.25, -0.2) is 13.2 Å². The van der Waals surface area contributed by atoms with Crippen LogP contribution < -0.4 is 0 Å². The molecule has 0 N–H and O–H groups in total. The van der Waals surface area contributed by atoms with Gasteiger partial charge in [0.05, 0.1) is 4.58 Å². The zero-order valence-electron chi connectivity index (χ0n) is 5.76. The molecule has 0 aliphatic carbocycles. The first kappa shape index (κ1) is 9.80. The van der Waals surface area contributed by atoms with Crippen LogP contribution in [0.5, 0.6) is 0 Å². The molecule has 0 spiro atoms. The van der Waals surface area contributed by atoms with Crippen molar-refractivity contribution < 1.29 is 13.2 Å². The van der Waals surface area contributed by atoms with Gasteiger partial charge in [-0.15, -0.1) is 0 Å². The normalized spacial score (nSPS) is 10.8. The fourth-order valence-electron chi connectivity index (χ4n) is 0.800. The predicted octanol–water partition coefficient (Wildman–Crippen LogP) is 2.96. The van der Waals surface area contributed by atoms with Crippen molar-refractivity contribution in [3.8, 4) is 0 Å². The molecule has 0 heterocycles. The minimum Gasteiger partial charge on any atom is -0.207 e. The van der Waals surface area contributed by atoms with Crippen molar-refractivity contribution in [2.45, 2.75) is 4.58 Å². The summed E-state index contributed by atoms with van der Waals surface area (Å²) in [5, 5.41) is 0. The molecule has 1 rings (SSSR count). The van der Waals surface area contributed by atoms with Crippen molar-refractivity contribution >= 4 is 25.3 Å². The smallest absolute Gasteiger partial charge is 0.134 e. The SMILES string of the molecule is Fc1cc(F)c(C(S)S)c(F)c1. The highest BCUT2D eigenvalue weighted by Gasteiger charge is 2.15. The lowest BCUT2D eigenvalue weighted by Crippen LogP contribution is -1.96. The van der Waals surface area contributed by atoms with Crippen molar-refractivity contribution in [3.63, 3.8) is 0 Å². The molecule has 0 aromatic heterocycles. The van der Waals surface area contributed by atoms with E-state index in [1.807, 2.05) is 0 Å². The van der Waals surface area contributed by atoms with E-state index >= 15 is 0 Å². The average Bonchev–Trinajstić information content (AvgIpc) is 1.82. The third kappa shape index (κ3) is 1.90. The van der Waals surface area contributed by atoms with E-state index in [1.54, 1.807) is 0 Å². The van der Waals surface area contributed by atoms with Crippen LogP contribution in [0, 0.1) is 17.5 Å². The van der Waals surface area contributed by atoms with Gasteiger partial charge in [-0.2, -0.15) is 25.3 Å². The van der Waals surface area contributed by atoms with Crippen molar-refractivity contribution in [1.82, 2.24) is 0 Å². The van der Waals surface area contributed by atoms with Crippen molar-refractivity contribution in [2.75, 3.05) is 0 Å². The van der Waals surface area contributed by atoms with E-state index in [2.05, 4.69) is 25.3 Å². The van der Waals surface area contributed by atoms with Crippen molar-refractivity contribution in [2.24, 2.45) is 0 Å². The van der Waals surface area contributed by atoms with E-state index in [0.29, 0.717) is 12.1 Å². The summed E-state index contributed by atoms with van der Waals surface area (Å²) in [6, 6.07) is 1.19. The zero-order valence-corrected chi connectivity index (χ0v) is 7.55. The molecule has 12 heavy (non-hydrogen) atoms. The van der Waals surface area contributed by atoms with Crippen LogP contribution in [-0.2, 0) is 0 Å². The van der Waals surface area contributed by atoms with Crippen LogP contribution >= 0.6 is 25.3 Å². The quantitative estimate of drug-likeness (QED) is 0.516. The van der Waals surface area contributed by atoms with Gasteiger partial charge in [0.15, 0.2) is 0 Å². The standard InChI is InChI=1S/C7H5F3S2/c8-3-1-4(9)6(7(11)12)5(10)2-3/h1-2,7,11-12H. The van der Waals surface area contributed by atoms with Gasteiger partial charge in [0.25, 0.3) is 0 Å². The Balaban J connectivity index is 3.28. The molecule has 0 bridgehead atoms. The van der Waals surface area contributed by atoms with E-state index in [9.17, 15) is 13.2 Å². The maximum absolute atomic E-state index is 12.8. The average molecular weight is 210 g/mol. The molecule has 0 amide bonds. The first-order valence-corrected chi connectivity index (χ1v) is 4.06. The molecule has 5 heteroatoms. The number of thiol groups is 2. The maximum atomic E-state index is 12.8. The summed E-state index contributed by atoms with van der Waals surface area (Å²) in [7, 11) is 0. The Hall–Kier alpha value is -0.290. The molecule has 0 saturated heterocycles. The monoisotopic (exact) mass is 210 g/mol. The molecule has 0 fully saturated rings. The molecule has 0 aliphatic rings. The van der Waals surface area contributed by atoms with Gasteiger partial charge in [0.1, 0.15) is 17.5 Å². The van der Waals surface area contributed by atoms with Crippen LogP contribution in [0.1, 0.15) is 10.1 Å². The Labute approximate surface area is 78.6 Å². The molecule has 0 radical (unpaired) electrons. The van der Waals surface area contributed by atoms with E-state index in [1.165, 1.54) is 0 Å². The predicted molar refractivity (Wildman–Crippen MR) is 47.0 cm³/mol. The second kappa shape index (κ2) is 3.62. The van der Waals surface area contributed by atoms with E-state index < -0.39 is 22.0 Å². The van der Waals surface area contributed by atoms with E-state index in [-0.39, 0.29) is 5.56 Å². The van der Waals surface area contributed by atoms with Crippen LogP contribution in [0.2, 0.25) is 0 Å². The highest BCUT2D eigenvalue weighted by atomic mass is 32.2. The summed E-state index contributed by atoms with van der Waals surface area (Å²) < 4.78 is 37.0. The Morgan fingerprint density at radius 1 is 1.00 bits per heavy atom. The van der Waals surface area contributed by atoms with Gasteiger partial charge in [-0.1, -0.05) is 0 Å². The van der Waals surface area contributed by atoms with Crippen LogP contribution in [0.15, 0.2) is 12.1 Å². The van der Waals surface area contributed by atoms with Crippen LogP contribution in [0.3, 0.4) is 0 Å². The lowest BCUT2D eigenvalue weighted by atomic mass is 10.2. The summed E-state index contributed by atoms with van der Waals surface area (Å²) in [6.07, 6.45) is 0. The molecule has 66 valence electrons. The molecule has 0 nitrogen and oxygen atoms in total. The molecule has 0 unspecified atom stereocenters. The molecule has 0 saturated carbocycles. The Morgan fingerprint density at radius 2 is 1.42 bits per heavy atom. The van der Waals surface area contributed by atoms with Crippen LogP contribution in [-0.4, -0.2) is 0 Å². The minimum atomic E-state index is -0.970. The Morgan fingerprint density at radius 3 is 1.75 bits per heavy atom. The van der Waals surface area contributed by atoms with Gasteiger partial charge in [0, 0.05) is 17.7 Å². The first-order valence-electron chi connectivity index (χ1n) is 3.03. The Kier molecular flexibility index (Phi) is 2.95. The van der Waals surface area contributed by atoms with Crippen molar-refractivity contribution in [3.05, 3.63) is 35.1 Å². The third-order valence-electron chi connectivity index (χ3n) is 1.30. The van der Waals surface area contributed by atoms with Gasteiger partial charge in [-0.3, -0.25) is 0 Å². The van der Waals surface area contributed by atoms with Crippen LogP contribution in [0.4, 0.5) is 13.2 Å². The summed E-state index contributed by atoms with van der Waals surface area (Å²) in [5.74, 6) is -2.89. The lowest BCUT2D eigenvalue weighted by Gasteiger charge is -2.06. The lowest BCUT2D eigenvalue weighted by molar-refractivity contribution is 0.531. The van der Waals surface area contributed by atoms with Gasteiger partial charge >= 0.3 is 0 Å². The van der Waals surface area contributed by atoms with E-state index in [4.69, 9.17) is 0 Å². The fourth-order valence-corrected chi connectivity index (χ4v) is 1.29. The van der Waals surface area contributed by atoms with Gasteiger partial charge in [0.2, 0.25) is 0 Å². The summed E-state index contributed by atoms with van der Waals surface area (Å²) in [4.78, 5) is 0. The largest absolute Gasteiger partial charge is 0.207 e. The number of hydrogen-bond acceptors (Lipinski definition) is 2. The minimum absolute atomic E-state index is 0.330. The zero-order chi connectivity index (χ0) is 9.30. The van der Waals surface area contributed by atoms with E-state index in [0.717, 1.165) is 0 Å². The summed E-state index contributed by atoms with van der Waals surface area (Å²) in [5.41, 5.74) is -0.330.